The second kappa shape index (κ2) is 4.87. The summed E-state index contributed by atoms with van der Waals surface area (Å²) in [6, 6.07) is 10.2. The number of hydrogen-bond acceptors (Lipinski definition) is 2. The molecule has 1 aromatic carbocycles. The van der Waals surface area contributed by atoms with Gasteiger partial charge in [0.1, 0.15) is 0 Å². The summed E-state index contributed by atoms with van der Waals surface area (Å²) in [6.45, 7) is 5.52. The molecule has 2 heteroatoms. The van der Waals surface area contributed by atoms with Crippen molar-refractivity contribution in [3.63, 3.8) is 0 Å². The summed E-state index contributed by atoms with van der Waals surface area (Å²) >= 11 is 0. The molecule has 0 aliphatic heterocycles. The molecule has 0 aromatic heterocycles. The summed E-state index contributed by atoms with van der Waals surface area (Å²) in [7, 11) is 0. The molecule has 0 amide bonds. The molecule has 0 unspecified atom stereocenters. The zero-order valence-corrected chi connectivity index (χ0v) is 8.27. The van der Waals surface area contributed by atoms with Gasteiger partial charge in [-0.15, -0.1) is 0 Å². The van der Waals surface area contributed by atoms with Crippen LogP contribution in [0.5, 0.6) is 0 Å². The van der Waals surface area contributed by atoms with Crippen molar-refractivity contribution in [3.8, 4) is 0 Å². The largest absolute Gasteiger partial charge is 0.392 e. The third-order valence-corrected chi connectivity index (χ3v) is 1.99. The van der Waals surface area contributed by atoms with Gasteiger partial charge in [-0.2, -0.15) is 0 Å². The van der Waals surface area contributed by atoms with Crippen molar-refractivity contribution in [1.82, 2.24) is 0 Å². The minimum atomic E-state index is -0.278. The van der Waals surface area contributed by atoms with Crippen LogP contribution in [-0.4, -0.2) is 24.3 Å². The lowest BCUT2D eigenvalue weighted by Crippen LogP contribution is -2.30. The Morgan fingerprint density at radius 3 is 2.38 bits per heavy atom. The highest BCUT2D eigenvalue weighted by molar-refractivity contribution is 5.45. The highest BCUT2D eigenvalue weighted by Crippen LogP contribution is 2.12. The number of likely N-dealkylation sites (N-methyl/N-ethyl adjacent to an activating group) is 1. The summed E-state index contributed by atoms with van der Waals surface area (Å²) in [6.07, 6.45) is -0.278. The Morgan fingerprint density at radius 2 is 1.92 bits per heavy atom. The van der Waals surface area contributed by atoms with E-state index in [4.69, 9.17) is 0 Å². The van der Waals surface area contributed by atoms with Gasteiger partial charge in [-0.3, -0.25) is 0 Å². The number of benzene rings is 1. The highest BCUT2D eigenvalue weighted by Gasteiger charge is 2.05. The molecule has 0 spiro atoms. The maximum absolute atomic E-state index is 9.27. The summed E-state index contributed by atoms with van der Waals surface area (Å²) in [5, 5.41) is 9.27. The van der Waals surface area contributed by atoms with Crippen LogP contribution in [0.15, 0.2) is 30.3 Å². The number of anilines is 1. The van der Waals surface area contributed by atoms with E-state index in [-0.39, 0.29) is 6.10 Å². The van der Waals surface area contributed by atoms with Gasteiger partial charge in [-0.1, -0.05) is 18.2 Å². The van der Waals surface area contributed by atoms with Crippen molar-refractivity contribution in [1.29, 1.82) is 0 Å². The third-order valence-electron chi connectivity index (χ3n) is 1.99. The van der Waals surface area contributed by atoms with Crippen molar-refractivity contribution < 1.29 is 5.11 Å². The van der Waals surface area contributed by atoms with E-state index in [0.717, 1.165) is 6.54 Å². The zero-order valence-electron chi connectivity index (χ0n) is 8.27. The molecule has 0 aliphatic rings. The van der Waals surface area contributed by atoms with Crippen LogP contribution in [0.25, 0.3) is 0 Å². The minimum Gasteiger partial charge on any atom is -0.392 e. The minimum absolute atomic E-state index is 0.278. The van der Waals surface area contributed by atoms with Gasteiger partial charge in [0.15, 0.2) is 0 Å². The zero-order chi connectivity index (χ0) is 9.68. The van der Waals surface area contributed by atoms with Gasteiger partial charge in [-0.25, -0.2) is 0 Å². The van der Waals surface area contributed by atoms with Gasteiger partial charge in [-0.05, 0) is 26.0 Å². The van der Waals surface area contributed by atoms with Gasteiger partial charge in [0, 0.05) is 18.8 Å². The van der Waals surface area contributed by atoms with E-state index in [0.29, 0.717) is 6.54 Å². The Labute approximate surface area is 79.8 Å². The first-order valence-corrected chi connectivity index (χ1v) is 4.72. The van der Waals surface area contributed by atoms with Crippen LogP contribution in [0.3, 0.4) is 0 Å². The maximum Gasteiger partial charge on any atom is 0.0687 e. The maximum atomic E-state index is 9.27. The molecule has 0 saturated carbocycles. The Hall–Kier alpha value is -1.02. The Balaban J connectivity index is 2.67. The second-order valence-corrected chi connectivity index (χ2v) is 3.22. The lowest BCUT2D eigenvalue weighted by molar-refractivity contribution is 0.200. The Morgan fingerprint density at radius 1 is 1.31 bits per heavy atom. The average Bonchev–Trinajstić information content (AvgIpc) is 2.15. The predicted octanol–water partition coefficient (Wildman–Crippen LogP) is 1.89. The molecular weight excluding hydrogens is 162 g/mol. The Kier molecular flexibility index (Phi) is 3.77. The van der Waals surface area contributed by atoms with E-state index in [9.17, 15) is 5.11 Å². The topological polar surface area (TPSA) is 23.5 Å². The lowest BCUT2D eigenvalue weighted by Gasteiger charge is -2.24. The van der Waals surface area contributed by atoms with E-state index < -0.39 is 0 Å². The molecule has 0 radical (unpaired) electrons. The van der Waals surface area contributed by atoms with E-state index in [1.165, 1.54) is 5.69 Å². The molecule has 0 bridgehead atoms. The monoisotopic (exact) mass is 179 g/mol. The molecular formula is C11H17NO. The first-order valence-electron chi connectivity index (χ1n) is 4.72. The van der Waals surface area contributed by atoms with Gasteiger partial charge in [0.25, 0.3) is 0 Å². The van der Waals surface area contributed by atoms with E-state index in [1.54, 1.807) is 0 Å². The number of rotatable bonds is 4. The van der Waals surface area contributed by atoms with Crippen LogP contribution in [-0.2, 0) is 0 Å². The van der Waals surface area contributed by atoms with Crippen molar-refractivity contribution in [2.24, 2.45) is 0 Å². The molecule has 72 valence electrons. The molecule has 1 aromatic rings. The molecule has 0 aliphatic carbocycles. The quantitative estimate of drug-likeness (QED) is 0.763. The molecule has 1 atom stereocenters. The smallest absolute Gasteiger partial charge is 0.0687 e. The molecule has 0 heterocycles. The van der Waals surface area contributed by atoms with Crippen molar-refractivity contribution in [2.45, 2.75) is 20.0 Å². The first-order chi connectivity index (χ1) is 6.24. The number of aliphatic hydroxyl groups excluding tert-OH is 1. The van der Waals surface area contributed by atoms with Gasteiger partial charge in [0.05, 0.1) is 6.10 Å². The fourth-order valence-corrected chi connectivity index (χ4v) is 1.37. The van der Waals surface area contributed by atoms with E-state index >= 15 is 0 Å². The fraction of sp³-hybridized carbons (Fsp3) is 0.455. The van der Waals surface area contributed by atoms with Gasteiger partial charge in [0.2, 0.25) is 0 Å². The van der Waals surface area contributed by atoms with E-state index in [1.807, 2.05) is 25.1 Å². The lowest BCUT2D eigenvalue weighted by atomic mass is 10.2. The number of para-hydroxylation sites is 1. The number of aliphatic hydroxyl groups is 1. The second-order valence-electron chi connectivity index (χ2n) is 3.22. The number of hydrogen-bond donors (Lipinski definition) is 1. The van der Waals surface area contributed by atoms with E-state index in [2.05, 4.69) is 24.0 Å². The van der Waals surface area contributed by atoms with Gasteiger partial charge < -0.3 is 10.0 Å². The molecule has 1 rings (SSSR count). The van der Waals surface area contributed by atoms with Crippen molar-refractivity contribution >= 4 is 5.69 Å². The summed E-state index contributed by atoms with van der Waals surface area (Å²) in [5.41, 5.74) is 1.17. The average molecular weight is 179 g/mol. The SMILES string of the molecule is CCN(C[C@H](C)O)c1ccccc1. The fourth-order valence-electron chi connectivity index (χ4n) is 1.37. The normalized spacial score (nSPS) is 12.5. The summed E-state index contributed by atoms with van der Waals surface area (Å²) < 4.78 is 0. The summed E-state index contributed by atoms with van der Waals surface area (Å²) in [5.74, 6) is 0. The standard InChI is InChI=1S/C11H17NO/c1-3-12(9-10(2)13)11-7-5-4-6-8-11/h4-8,10,13H,3,9H2,1-2H3/t10-/m0/s1. The van der Waals surface area contributed by atoms with Crippen LogP contribution in [0.1, 0.15) is 13.8 Å². The van der Waals surface area contributed by atoms with Crippen LogP contribution in [0.2, 0.25) is 0 Å². The first kappa shape index (κ1) is 10.1. The van der Waals surface area contributed by atoms with Crippen LogP contribution >= 0.6 is 0 Å². The van der Waals surface area contributed by atoms with Crippen LogP contribution in [0, 0.1) is 0 Å². The Bertz CT molecular complexity index is 233. The highest BCUT2D eigenvalue weighted by atomic mass is 16.3. The molecule has 0 fully saturated rings. The molecule has 13 heavy (non-hydrogen) atoms. The number of nitrogens with zero attached hydrogens (tertiary/aromatic N) is 1. The van der Waals surface area contributed by atoms with Crippen molar-refractivity contribution in [3.05, 3.63) is 30.3 Å². The molecule has 0 saturated heterocycles. The third kappa shape index (κ3) is 3.07. The van der Waals surface area contributed by atoms with Crippen LogP contribution < -0.4 is 4.90 Å². The molecule has 2 nitrogen and oxygen atoms in total. The van der Waals surface area contributed by atoms with Crippen LogP contribution in [0.4, 0.5) is 5.69 Å². The summed E-state index contributed by atoms with van der Waals surface area (Å²) in [4.78, 5) is 2.16. The van der Waals surface area contributed by atoms with Gasteiger partial charge >= 0.3 is 0 Å². The van der Waals surface area contributed by atoms with Crippen molar-refractivity contribution in [2.75, 3.05) is 18.0 Å². The predicted molar refractivity (Wildman–Crippen MR) is 56.0 cm³/mol. The molecule has 1 N–H and O–H groups in total.